The van der Waals surface area contributed by atoms with Crippen LogP contribution in [0, 0.1) is 5.92 Å². The van der Waals surface area contributed by atoms with Gasteiger partial charge in [-0.05, 0) is 25.7 Å². The molecule has 180 valence electrons. The average Bonchev–Trinajstić information content (AvgIpc) is 2.69. The number of carbonyl (C=O) groups is 6. The van der Waals surface area contributed by atoms with Crippen LogP contribution in [0.4, 0.5) is 4.79 Å². The Morgan fingerprint density at radius 2 is 1.53 bits per heavy atom. The summed E-state index contributed by atoms with van der Waals surface area (Å²) in [7, 11) is 0. The van der Waals surface area contributed by atoms with Crippen LogP contribution < -0.4 is 32.3 Å². The lowest BCUT2D eigenvalue weighted by Gasteiger charge is -2.24. The van der Waals surface area contributed by atoms with Gasteiger partial charge in [-0.3, -0.25) is 19.2 Å². The van der Waals surface area contributed by atoms with E-state index >= 15 is 0 Å². The molecule has 13 heteroatoms. The molecular weight excluding hydrogens is 424 g/mol. The maximum atomic E-state index is 12.5. The van der Waals surface area contributed by atoms with E-state index in [0.717, 1.165) is 0 Å². The number of carboxylic acids is 1. The van der Waals surface area contributed by atoms with Gasteiger partial charge in [-0.2, -0.15) is 0 Å². The van der Waals surface area contributed by atoms with Crippen LogP contribution in [-0.4, -0.2) is 72.5 Å². The predicted octanol–water partition coefficient (Wildman–Crippen LogP) is -2.05. The van der Waals surface area contributed by atoms with E-state index in [0.29, 0.717) is 0 Å². The first-order chi connectivity index (χ1) is 14.8. The number of primary amides is 1. The highest BCUT2D eigenvalue weighted by molar-refractivity contribution is 5.95. The highest BCUT2D eigenvalue weighted by Crippen LogP contribution is 2.05. The van der Waals surface area contributed by atoms with Gasteiger partial charge < -0.3 is 37.4 Å². The van der Waals surface area contributed by atoms with Gasteiger partial charge in [-0.25, -0.2) is 9.59 Å². The summed E-state index contributed by atoms with van der Waals surface area (Å²) in [5, 5.41) is 21.0. The number of rotatable bonds is 14. The fourth-order valence-corrected chi connectivity index (χ4v) is 2.35. The van der Waals surface area contributed by atoms with Crippen LogP contribution in [0.3, 0.4) is 0 Å². The van der Waals surface area contributed by atoms with Crippen LogP contribution in [0.5, 0.6) is 0 Å². The third-order valence-electron chi connectivity index (χ3n) is 4.09. The van der Waals surface area contributed by atoms with Gasteiger partial charge in [-0.15, -0.1) is 0 Å². The molecule has 0 aromatic carbocycles. The Morgan fingerprint density at radius 1 is 0.938 bits per heavy atom. The first kappa shape index (κ1) is 28.4. The lowest BCUT2D eigenvalue weighted by molar-refractivity contribution is -0.142. The van der Waals surface area contributed by atoms with Crippen LogP contribution in [0.25, 0.3) is 0 Å². The second kappa shape index (κ2) is 14.4. The van der Waals surface area contributed by atoms with Gasteiger partial charge in [0.05, 0.1) is 13.1 Å². The largest absolute Gasteiger partial charge is 0.480 e. The second-order valence-electron chi connectivity index (χ2n) is 7.36. The monoisotopic (exact) mass is 456 g/mol. The fourth-order valence-electron chi connectivity index (χ4n) is 2.35. The Bertz CT molecular complexity index is 738. The van der Waals surface area contributed by atoms with Crippen LogP contribution in [0.15, 0.2) is 12.2 Å². The molecule has 0 aromatic heterocycles. The smallest absolute Gasteiger partial charge is 0.326 e. The molecule has 0 aliphatic rings. The summed E-state index contributed by atoms with van der Waals surface area (Å²) in [4.78, 5) is 69.8. The number of nitrogens with two attached hydrogens (primary N) is 1. The zero-order valence-corrected chi connectivity index (χ0v) is 18.4. The maximum absolute atomic E-state index is 12.5. The van der Waals surface area contributed by atoms with Gasteiger partial charge in [0.15, 0.2) is 0 Å². The Labute approximate surface area is 185 Å². The number of nitrogens with one attached hydrogen (secondary N) is 5. The summed E-state index contributed by atoms with van der Waals surface area (Å²) in [6.45, 7) is 7.57. The minimum Gasteiger partial charge on any atom is -0.480 e. The Balaban J connectivity index is 4.70. The molecule has 0 unspecified atom stereocenters. The minimum absolute atomic E-state index is 0.0338. The lowest BCUT2D eigenvalue weighted by Crippen LogP contribution is -2.55. The molecule has 0 aliphatic carbocycles. The van der Waals surface area contributed by atoms with Crippen molar-refractivity contribution in [2.45, 2.75) is 45.7 Å². The second-order valence-corrected chi connectivity index (χ2v) is 7.36. The molecule has 0 saturated carbocycles. The standard InChI is InChI=1S/C19H32N6O7/c1-10(2)15(17(29)24-12(18(30)31)6-5-7-21-19(20)32)25-14(27)9-22-13(26)8-23-16(28)11(3)4/h10,12,15H,3,5-9H2,1-2,4H3,(H,22,26)(H,23,28)(H,24,29)(H,25,27)(H,30,31)(H3,20,21,32)/t12-,15-/m0/s1. The van der Waals surface area contributed by atoms with Crippen molar-refractivity contribution in [2.24, 2.45) is 11.7 Å². The molecule has 0 bridgehead atoms. The molecule has 2 atom stereocenters. The minimum atomic E-state index is -1.27. The quantitative estimate of drug-likeness (QED) is 0.115. The molecule has 13 nitrogen and oxygen atoms in total. The molecule has 0 fully saturated rings. The molecular formula is C19H32N6O7. The molecule has 6 amide bonds. The van der Waals surface area contributed by atoms with Crippen molar-refractivity contribution < 1.29 is 33.9 Å². The SMILES string of the molecule is C=C(C)C(=O)NCC(=O)NCC(=O)N[C@H](C(=O)N[C@@H](CCCNC(N)=O)C(=O)O)C(C)C. The van der Waals surface area contributed by atoms with Gasteiger partial charge in [0.2, 0.25) is 23.6 Å². The molecule has 0 rings (SSSR count). The van der Waals surface area contributed by atoms with Gasteiger partial charge in [0.25, 0.3) is 0 Å². The van der Waals surface area contributed by atoms with Crippen molar-refractivity contribution in [2.75, 3.05) is 19.6 Å². The van der Waals surface area contributed by atoms with Crippen LogP contribution in [-0.2, 0) is 24.0 Å². The van der Waals surface area contributed by atoms with Gasteiger partial charge in [0, 0.05) is 12.1 Å². The molecule has 0 saturated heterocycles. The number of hydrogen-bond acceptors (Lipinski definition) is 6. The zero-order chi connectivity index (χ0) is 24.8. The molecule has 0 heterocycles. The zero-order valence-electron chi connectivity index (χ0n) is 18.4. The predicted molar refractivity (Wildman–Crippen MR) is 114 cm³/mol. The first-order valence-electron chi connectivity index (χ1n) is 9.91. The summed E-state index contributed by atoms with van der Waals surface area (Å²) in [6.07, 6.45) is 0.291. The summed E-state index contributed by atoms with van der Waals surface area (Å²) >= 11 is 0. The van der Waals surface area contributed by atoms with E-state index in [1.807, 2.05) is 0 Å². The topological polar surface area (TPSA) is 209 Å². The highest BCUT2D eigenvalue weighted by atomic mass is 16.4. The first-order valence-corrected chi connectivity index (χ1v) is 9.91. The Hall–Kier alpha value is -3.64. The number of hydrogen-bond donors (Lipinski definition) is 7. The molecule has 32 heavy (non-hydrogen) atoms. The number of amides is 6. The molecule has 0 radical (unpaired) electrons. The van der Waals surface area contributed by atoms with E-state index < -0.39 is 54.3 Å². The molecule has 0 aliphatic heterocycles. The fraction of sp³-hybridized carbons (Fsp3) is 0.579. The van der Waals surface area contributed by atoms with Crippen molar-refractivity contribution in [1.82, 2.24) is 26.6 Å². The van der Waals surface area contributed by atoms with Gasteiger partial charge in [-0.1, -0.05) is 20.4 Å². The van der Waals surface area contributed by atoms with E-state index in [2.05, 4.69) is 33.2 Å². The van der Waals surface area contributed by atoms with Crippen molar-refractivity contribution in [3.8, 4) is 0 Å². The van der Waals surface area contributed by atoms with E-state index in [9.17, 15) is 33.9 Å². The number of carbonyl (C=O) groups excluding carboxylic acids is 5. The van der Waals surface area contributed by atoms with Crippen molar-refractivity contribution in [1.29, 1.82) is 0 Å². The molecule has 8 N–H and O–H groups in total. The summed E-state index contributed by atoms with van der Waals surface area (Å²) in [6, 6.07) is -3.02. The van der Waals surface area contributed by atoms with Gasteiger partial charge >= 0.3 is 12.0 Å². The Morgan fingerprint density at radius 3 is 2.03 bits per heavy atom. The van der Waals surface area contributed by atoms with Crippen LogP contribution in [0.2, 0.25) is 0 Å². The average molecular weight is 457 g/mol. The Kier molecular flexibility index (Phi) is 12.7. The number of urea groups is 1. The lowest BCUT2D eigenvalue weighted by atomic mass is 10.0. The van der Waals surface area contributed by atoms with Crippen LogP contribution >= 0.6 is 0 Å². The van der Waals surface area contributed by atoms with Crippen molar-refractivity contribution in [3.05, 3.63) is 12.2 Å². The van der Waals surface area contributed by atoms with Crippen molar-refractivity contribution >= 4 is 35.6 Å². The van der Waals surface area contributed by atoms with E-state index in [1.165, 1.54) is 6.92 Å². The summed E-state index contributed by atoms with van der Waals surface area (Å²) in [5.41, 5.74) is 5.16. The maximum Gasteiger partial charge on any atom is 0.326 e. The normalized spacial score (nSPS) is 12.1. The van der Waals surface area contributed by atoms with E-state index in [-0.39, 0.29) is 37.4 Å². The molecule has 0 aromatic rings. The van der Waals surface area contributed by atoms with Crippen molar-refractivity contribution in [3.63, 3.8) is 0 Å². The van der Waals surface area contributed by atoms with E-state index in [1.54, 1.807) is 13.8 Å². The number of carboxylic acid groups (broad SMARTS) is 1. The third-order valence-corrected chi connectivity index (χ3v) is 4.09. The van der Waals surface area contributed by atoms with Crippen LogP contribution in [0.1, 0.15) is 33.6 Å². The van der Waals surface area contributed by atoms with Gasteiger partial charge in [0.1, 0.15) is 12.1 Å². The molecule has 0 spiro atoms. The number of aliphatic carboxylic acids is 1. The summed E-state index contributed by atoms with van der Waals surface area (Å²) < 4.78 is 0. The summed E-state index contributed by atoms with van der Waals surface area (Å²) in [5.74, 6) is -4.14. The van der Waals surface area contributed by atoms with E-state index in [4.69, 9.17) is 5.73 Å². The third kappa shape index (κ3) is 12.1. The highest BCUT2D eigenvalue weighted by Gasteiger charge is 2.28.